The van der Waals surface area contributed by atoms with Crippen molar-refractivity contribution in [2.24, 2.45) is 17.1 Å². The third-order valence-corrected chi connectivity index (χ3v) is 4.59. The lowest BCUT2D eigenvalue weighted by molar-refractivity contribution is 0.0507. The van der Waals surface area contributed by atoms with Gasteiger partial charge in [0, 0.05) is 24.7 Å². The van der Waals surface area contributed by atoms with Crippen LogP contribution in [0.1, 0.15) is 54.4 Å². The van der Waals surface area contributed by atoms with Crippen LogP contribution in [0.15, 0.2) is 0 Å². The van der Waals surface area contributed by atoms with Gasteiger partial charge in [-0.25, -0.2) is 0 Å². The molecule has 2 N–H and O–H groups in total. The quantitative estimate of drug-likeness (QED) is 0.802. The molecule has 1 fully saturated rings. The van der Waals surface area contributed by atoms with E-state index in [1.165, 1.54) is 19.4 Å². The molecule has 1 rings (SSSR count). The van der Waals surface area contributed by atoms with E-state index in [2.05, 4.69) is 46.4 Å². The molecule has 0 radical (unpaired) electrons. The van der Waals surface area contributed by atoms with Gasteiger partial charge in [-0.3, -0.25) is 4.90 Å². The summed E-state index contributed by atoms with van der Waals surface area (Å²) in [5.41, 5.74) is 6.33. The zero-order valence-electron chi connectivity index (χ0n) is 12.0. The second-order valence-corrected chi connectivity index (χ2v) is 7.07. The largest absolute Gasteiger partial charge is 0.325 e. The molecule has 1 aliphatic rings. The van der Waals surface area contributed by atoms with E-state index in [1.807, 2.05) is 0 Å². The van der Waals surface area contributed by atoms with E-state index in [0.717, 1.165) is 18.5 Å². The van der Waals surface area contributed by atoms with Crippen LogP contribution in [0.4, 0.5) is 0 Å². The van der Waals surface area contributed by atoms with E-state index in [-0.39, 0.29) is 11.0 Å². The molecule has 0 aromatic heterocycles. The van der Waals surface area contributed by atoms with Crippen LogP contribution in [-0.2, 0) is 0 Å². The van der Waals surface area contributed by atoms with Crippen molar-refractivity contribution in [3.8, 4) is 0 Å². The zero-order chi connectivity index (χ0) is 12.6. The van der Waals surface area contributed by atoms with Gasteiger partial charge in [0.15, 0.2) is 0 Å². The summed E-state index contributed by atoms with van der Waals surface area (Å²) in [7, 11) is 0. The average molecular weight is 226 g/mol. The molecule has 1 heterocycles. The molecular formula is C14H30N2. The number of piperidine rings is 1. The first kappa shape index (κ1) is 14.0. The summed E-state index contributed by atoms with van der Waals surface area (Å²) in [6.07, 6.45) is 2.71. The van der Waals surface area contributed by atoms with Crippen molar-refractivity contribution in [1.29, 1.82) is 0 Å². The molecular weight excluding hydrogens is 196 g/mol. The molecule has 2 nitrogen and oxygen atoms in total. The van der Waals surface area contributed by atoms with E-state index >= 15 is 0 Å². The van der Waals surface area contributed by atoms with Crippen molar-refractivity contribution in [2.75, 3.05) is 13.1 Å². The third-order valence-electron chi connectivity index (χ3n) is 4.59. The summed E-state index contributed by atoms with van der Waals surface area (Å²) >= 11 is 0. The lowest BCUT2D eigenvalue weighted by Crippen LogP contribution is -2.55. The number of likely N-dealkylation sites (tertiary alicyclic amines) is 1. The maximum Gasteiger partial charge on any atom is 0.0161 e. The highest BCUT2D eigenvalue weighted by Gasteiger charge is 2.37. The van der Waals surface area contributed by atoms with Crippen LogP contribution in [0.3, 0.4) is 0 Å². The fraction of sp³-hybridized carbons (Fsp3) is 1.00. The molecule has 0 amide bonds. The van der Waals surface area contributed by atoms with Gasteiger partial charge in [-0.15, -0.1) is 0 Å². The van der Waals surface area contributed by atoms with Gasteiger partial charge in [-0.1, -0.05) is 20.8 Å². The maximum atomic E-state index is 6.28. The monoisotopic (exact) mass is 226 g/mol. The minimum absolute atomic E-state index is 0.118. The van der Waals surface area contributed by atoms with Crippen LogP contribution < -0.4 is 5.73 Å². The van der Waals surface area contributed by atoms with Crippen molar-refractivity contribution >= 4 is 0 Å². The standard InChI is InChI=1S/C14H30N2/c1-11-7-8-12(2)16(9-11)10-13(3,4)14(5,6)15/h11-12H,7-10,15H2,1-6H3. The maximum absolute atomic E-state index is 6.28. The second-order valence-electron chi connectivity index (χ2n) is 7.07. The van der Waals surface area contributed by atoms with Crippen LogP contribution in [-0.4, -0.2) is 29.6 Å². The first-order valence-electron chi connectivity index (χ1n) is 6.66. The summed E-state index contributed by atoms with van der Waals surface area (Å²) in [6, 6.07) is 0.720. The molecule has 2 atom stereocenters. The van der Waals surface area contributed by atoms with Gasteiger partial charge in [0.05, 0.1) is 0 Å². The second kappa shape index (κ2) is 4.66. The Morgan fingerprint density at radius 3 is 2.19 bits per heavy atom. The molecule has 16 heavy (non-hydrogen) atoms. The lowest BCUT2D eigenvalue weighted by atomic mass is 9.74. The molecule has 2 unspecified atom stereocenters. The van der Waals surface area contributed by atoms with Gasteiger partial charge < -0.3 is 5.73 Å². The fourth-order valence-corrected chi connectivity index (χ4v) is 2.31. The van der Waals surface area contributed by atoms with Crippen LogP contribution in [0.5, 0.6) is 0 Å². The fourth-order valence-electron chi connectivity index (χ4n) is 2.31. The Labute approximate surface area is 102 Å². The zero-order valence-corrected chi connectivity index (χ0v) is 12.0. The number of hydrogen-bond acceptors (Lipinski definition) is 2. The Bertz CT molecular complexity index is 227. The molecule has 1 saturated heterocycles. The van der Waals surface area contributed by atoms with Gasteiger partial charge in [-0.05, 0) is 44.9 Å². The van der Waals surface area contributed by atoms with Crippen molar-refractivity contribution in [2.45, 2.75) is 66.0 Å². The smallest absolute Gasteiger partial charge is 0.0161 e. The van der Waals surface area contributed by atoms with E-state index in [1.54, 1.807) is 0 Å². The summed E-state index contributed by atoms with van der Waals surface area (Å²) in [6.45, 7) is 15.9. The normalized spacial score (nSPS) is 29.4. The number of hydrogen-bond donors (Lipinski definition) is 1. The topological polar surface area (TPSA) is 29.3 Å². The number of rotatable bonds is 3. The number of nitrogens with zero attached hydrogens (tertiary/aromatic N) is 1. The van der Waals surface area contributed by atoms with Gasteiger partial charge in [0.1, 0.15) is 0 Å². The molecule has 0 spiro atoms. The summed E-state index contributed by atoms with van der Waals surface area (Å²) in [4.78, 5) is 2.63. The minimum atomic E-state index is -0.118. The minimum Gasteiger partial charge on any atom is -0.325 e. The van der Waals surface area contributed by atoms with E-state index in [9.17, 15) is 0 Å². The first-order valence-corrected chi connectivity index (χ1v) is 6.66. The Morgan fingerprint density at radius 2 is 1.69 bits per heavy atom. The highest BCUT2D eigenvalue weighted by molar-refractivity contribution is 4.94. The summed E-state index contributed by atoms with van der Waals surface area (Å²) in [5.74, 6) is 0.841. The Kier molecular flexibility index (Phi) is 4.07. The molecule has 96 valence electrons. The van der Waals surface area contributed by atoms with Gasteiger partial charge in [0.25, 0.3) is 0 Å². The Balaban J connectivity index is 2.65. The average Bonchev–Trinajstić information content (AvgIpc) is 2.09. The SMILES string of the molecule is CC1CCC(C)N(CC(C)(C)C(C)(C)N)C1. The highest BCUT2D eigenvalue weighted by Crippen LogP contribution is 2.32. The van der Waals surface area contributed by atoms with Crippen LogP contribution in [0.2, 0.25) is 0 Å². The summed E-state index contributed by atoms with van der Waals surface area (Å²) in [5, 5.41) is 0. The molecule has 0 aliphatic carbocycles. The van der Waals surface area contributed by atoms with E-state index in [4.69, 9.17) is 5.73 Å². The Morgan fingerprint density at radius 1 is 1.12 bits per heavy atom. The van der Waals surface area contributed by atoms with Crippen LogP contribution in [0.25, 0.3) is 0 Å². The predicted molar refractivity (Wildman–Crippen MR) is 71.5 cm³/mol. The van der Waals surface area contributed by atoms with Crippen molar-refractivity contribution in [3.05, 3.63) is 0 Å². The molecule has 0 aromatic rings. The molecule has 0 saturated carbocycles. The molecule has 0 aromatic carbocycles. The van der Waals surface area contributed by atoms with Gasteiger partial charge in [0.2, 0.25) is 0 Å². The molecule has 2 heteroatoms. The van der Waals surface area contributed by atoms with E-state index in [0.29, 0.717) is 0 Å². The molecule has 0 bridgehead atoms. The summed E-state index contributed by atoms with van der Waals surface area (Å²) < 4.78 is 0. The van der Waals surface area contributed by atoms with Gasteiger partial charge >= 0.3 is 0 Å². The van der Waals surface area contributed by atoms with Crippen molar-refractivity contribution < 1.29 is 0 Å². The third kappa shape index (κ3) is 3.21. The lowest BCUT2D eigenvalue weighted by Gasteiger charge is -2.46. The van der Waals surface area contributed by atoms with Crippen LogP contribution >= 0.6 is 0 Å². The van der Waals surface area contributed by atoms with E-state index < -0.39 is 0 Å². The van der Waals surface area contributed by atoms with Crippen LogP contribution in [0, 0.1) is 11.3 Å². The van der Waals surface area contributed by atoms with Gasteiger partial charge in [-0.2, -0.15) is 0 Å². The Hall–Kier alpha value is -0.0800. The molecule has 1 aliphatic heterocycles. The number of nitrogens with two attached hydrogens (primary N) is 1. The predicted octanol–water partition coefficient (Wildman–Crippen LogP) is 2.87. The highest BCUT2D eigenvalue weighted by atomic mass is 15.2. The van der Waals surface area contributed by atoms with Crippen molar-refractivity contribution in [3.63, 3.8) is 0 Å². The first-order chi connectivity index (χ1) is 7.13. The van der Waals surface area contributed by atoms with Crippen molar-refractivity contribution in [1.82, 2.24) is 4.90 Å².